The Morgan fingerprint density at radius 2 is 2.19 bits per heavy atom. The lowest BCUT2D eigenvalue weighted by molar-refractivity contribution is 0.0690. The van der Waals surface area contributed by atoms with Crippen LogP contribution in [0.3, 0.4) is 0 Å². The molecule has 0 saturated heterocycles. The molecule has 3 rings (SSSR count). The van der Waals surface area contributed by atoms with Crippen molar-refractivity contribution >= 4 is 17.5 Å². The van der Waals surface area contributed by atoms with Crippen molar-refractivity contribution in [3.8, 4) is 5.75 Å². The molecule has 1 aromatic carbocycles. The number of hydrogen-bond acceptors (Lipinski definition) is 5. The Kier molecular flexibility index (Phi) is 3.45. The Morgan fingerprint density at radius 1 is 1.33 bits per heavy atom. The quantitative estimate of drug-likeness (QED) is 0.893. The summed E-state index contributed by atoms with van der Waals surface area (Å²) >= 11 is 0. The van der Waals surface area contributed by atoms with Gasteiger partial charge in [-0.25, -0.2) is 9.78 Å². The van der Waals surface area contributed by atoms with E-state index < -0.39 is 5.97 Å². The average molecular weight is 286 g/mol. The van der Waals surface area contributed by atoms with E-state index in [0.717, 1.165) is 0 Å². The molecule has 0 radical (unpaired) electrons. The fourth-order valence-electron chi connectivity index (χ4n) is 2.43. The number of ether oxygens (including phenoxy) is 1. The van der Waals surface area contributed by atoms with Crippen LogP contribution in [0.2, 0.25) is 0 Å². The third-order valence-corrected chi connectivity index (χ3v) is 3.38. The van der Waals surface area contributed by atoms with Gasteiger partial charge in [0.15, 0.2) is 5.75 Å². The molecule has 2 N–H and O–H groups in total. The standard InChI is InChI=1S/C15H14N2O4/c18-8-10-9-21-14-11(15(19)20)4-3-5-12(14)17(10)13-6-1-2-7-16-13/h1-7,10,18H,8-9H2,(H,19,20)/t10-/m0/s1. The van der Waals surface area contributed by atoms with Gasteiger partial charge in [0.1, 0.15) is 18.0 Å². The van der Waals surface area contributed by atoms with Gasteiger partial charge in [-0.15, -0.1) is 0 Å². The number of aliphatic hydroxyl groups excluding tert-OH is 1. The molecule has 2 heterocycles. The summed E-state index contributed by atoms with van der Waals surface area (Å²) in [5.41, 5.74) is 0.698. The summed E-state index contributed by atoms with van der Waals surface area (Å²) in [5, 5.41) is 18.8. The van der Waals surface area contributed by atoms with Crippen LogP contribution >= 0.6 is 0 Å². The second-order valence-electron chi connectivity index (χ2n) is 4.66. The second kappa shape index (κ2) is 5.41. The highest BCUT2D eigenvalue weighted by molar-refractivity contribution is 5.94. The van der Waals surface area contributed by atoms with Crippen molar-refractivity contribution in [2.24, 2.45) is 0 Å². The van der Waals surface area contributed by atoms with E-state index >= 15 is 0 Å². The topological polar surface area (TPSA) is 82.9 Å². The molecule has 108 valence electrons. The number of para-hydroxylation sites is 1. The van der Waals surface area contributed by atoms with Crippen LogP contribution in [-0.4, -0.2) is 40.4 Å². The Hall–Kier alpha value is -2.60. The number of carboxylic acid groups (broad SMARTS) is 1. The van der Waals surface area contributed by atoms with Gasteiger partial charge in [-0.2, -0.15) is 0 Å². The first-order valence-electron chi connectivity index (χ1n) is 6.52. The number of anilines is 2. The van der Waals surface area contributed by atoms with E-state index in [0.29, 0.717) is 17.3 Å². The minimum atomic E-state index is -1.05. The zero-order chi connectivity index (χ0) is 14.8. The number of aromatic nitrogens is 1. The number of nitrogens with zero attached hydrogens (tertiary/aromatic N) is 2. The summed E-state index contributed by atoms with van der Waals surface area (Å²) in [6.45, 7) is 0.0810. The van der Waals surface area contributed by atoms with E-state index in [4.69, 9.17) is 4.74 Å². The molecule has 0 aliphatic carbocycles. The molecule has 1 aliphatic heterocycles. The Labute approximate surface area is 121 Å². The third kappa shape index (κ3) is 2.30. The van der Waals surface area contributed by atoms with Gasteiger partial charge in [0.2, 0.25) is 0 Å². The minimum Gasteiger partial charge on any atom is -0.488 e. The highest BCUT2D eigenvalue weighted by atomic mass is 16.5. The Morgan fingerprint density at radius 3 is 2.86 bits per heavy atom. The van der Waals surface area contributed by atoms with Gasteiger partial charge in [-0.05, 0) is 24.3 Å². The van der Waals surface area contributed by atoms with Crippen LogP contribution in [0.15, 0.2) is 42.6 Å². The lowest BCUT2D eigenvalue weighted by atomic mass is 10.1. The summed E-state index contributed by atoms with van der Waals surface area (Å²) in [7, 11) is 0. The molecule has 0 fully saturated rings. The number of rotatable bonds is 3. The smallest absolute Gasteiger partial charge is 0.339 e. The van der Waals surface area contributed by atoms with Gasteiger partial charge in [0, 0.05) is 6.20 Å². The van der Waals surface area contributed by atoms with Crippen molar-refractivity contribution in [1.29, 1.82) is 0 Å². The van der Waals surface area contributed by atoms with E-state index in [1.807, 2.05) is 17.0 Å². The van der Waals surface area contributed by atoms with E-state index in [9.17, 15) is 15.0 Å². The van der Waals surface area contributed by atoms with Crippen LogP contribution in [0.4, 0.5) is 11.5 Å². The first kappa shape index (κ1) is 13.4. The number of carboxylic acids is 1. The minimum absolute atomic E-state index is 0.102. The van der Waals surface area contributed by atoms with Crippen LogP contribution in [0, 0.1) is 0 Å². The van der Waals surface area contributed by atoms with Gasteiger partial charge in [-0.1, -0.05) is 12.1 Å². The maximum absolute atomic E-state index is 11.3. The summed E-state index contributed by atoms with van der Waals surface area (Å²) in [4.78, 5) is 17.4. The Balaban J connectivity index is 2.15. The molecular formula is C15H14N2O4. The second-order valence-corrected chi connectivity index (χ2v) is 4.66. The largest absolute Gasteiger partial charge is 0.488 e. The first-order valence-corrected chi connectivity index (χ1v) is 6.52. The number of pyridine rings is 1. The van der Waals surface area contributed by atoms with Gasteiger partial charge < -0.3 is 19.8 Å². The van der Waals surface area contributed by atoms with E-state index in [1.54, 1.807) is 24.4 Å². The van der Waals surface area contributed by atoms with E-state index in [-0.39, 0.29) is 24.8 Å². The maximum Gasteiger partial charge on any atom is 0.339 e. The number of carbonyl (C=O) groups is 1. The average Bonchev–Trinajstić information content (AvgIpc) is 2.53. The van der Waals surface area contributed by atoms with Crippen LogP contribution in [0.5, 0.6) is 5.75 Å². The Bertz CT molecular complexity index is 660. The van der Waals surface area contributed by atoms with E-state index in [2.05, 4.69) is 4.98 Å². The molecule has 0 bridgehead atoms. The summed E-state index contributed by atoms with van der Waals surface area (Å²) in [6.07, 6.45) is 1.65. The number of aliphatic hydroxyl groups is 1. The molecule has 0 unspecified atom stereocenters. The highest BCUT2D eigenvalue weighted by Gasteiger charge is 2.31. The molecule has 1 aromatic heterocycles. The van der Waals surface area contributed by atoms with Crippen molar-refractivity contribution in [3.63, 3.8) is 0 Å². The third-order valence-electron chi connectivity index (χ3n) is 3.38. The van der Waals surface area contributed by atoms with Crippen LogP contribution in [0.25, 0.3) is 0 Å². The molecule has 6 nitrogen and oxygen atoms in total. The predicted octanol–water partition coefficient (Wildman–Crippen LogP) is 1.67. The summed E-state index contributed by atoms with van der Waals surface area (Å²) in [5.74, 6) is -0.0979. The van der Waals surface area contributed by atoms with Gasteiger partial charge in [-0.3, -0.25) is 0 Å². The summed E-state index contributed by atoms with van der Waals surface area (Å²) in [6, 6.07) is 10.1. The predicted molar refractivity (Wildman–Crippen MR) is 76.1 cm³/mol. The molecule has 0 amide bonds. The SMILES string of the molecule is O=C(O)c1cccc2c1OC[C@H](CO)N2c1ccccn1. The summed E-state index contributed by atoms with van der Waals surface area (Å²) < 4.78 is 5.56. The highest BCUT2D eigenvalue weighted by Crippen LogP contribution is 2.40. The number of hydrogen-bond donors (Lipinski definition) is 2. The van der Waals surface area contributed by atoms with Gasteiger partial charge in [0.25, 0.3) is 0 Å². The van der Waals surface area contributed by atoms with Crippen molar-refractivity contribution < 1.29 is 19.7 Å². The molecule has 6 heteroatoms. The maximum atomic E-state index is 11.3. The molecule has 0 spiro atoms. The number of benzene rings is 1. The van der Waals surface area contributed by atoms with Crippen LogP contribution in [-0.2, 0) is 0 Å². The lowest BCUT2D eigenvalue weighted by Gasteiger charge is -2.37. The van der Waals surface area contributed by atoms with Gasteiger partial charge in [0.05, 0.1) is 18.3 Å². The molecule has 2 aromatic rings. The molecular weight excluding hydrogens is 272 g/mol. The van der Waals surface area contributed by atoms with Crippen LogP contribution in [0.1, 0.15) is 10.4 Å². The fourth-order valence-corrected chi connectivity index (χ4v) is 2.43. The van der Waals surface area contributed by atoms with Crippen molar-refractivity contribution in [1.82, 2.24) is 4.98 Å². The molecule has 1 aliphatic rings. The van der Waals surface area contributed by atoms with Crippen molar-refractivity contribution in [3.05, 3.63) is 48.2 Å². The first-order chi connectivity index (χ1) is 10.2. The normalized spacial score (nSPS) is 17.0. The zero-order valence-electron chi connectivity index (χ0n) is 11.1. The molecule has 21 heavy (non-hydrogen) atoms. The molecule has 1 atom stereocenters. The number of fused-ring (bicyclic) bond motifs is 1. The number of aromatic carboxylic acids is 1. The van der Waals surface area contributed by atoms with Crippen molar-refractivity contribution in [2.75, 3.05) is 18.1 Å². The van der Waals surface area contributed by atoms with Crippen molar-refractivity contribution in [2.45, 2.75) is 6.04 Å². The van der Waals surface area contributed by atoms with E-state index in [1.165, 1.54) is 6.07 Å². The van der Waals surface area contributed by atoms with Crippen LogP contribution < -0.4 is 9.64 Å². The molecule has 0 saturated carbocycles. The van der Waals surface area contributed by atoms with Gasteiger partial charge >= 0.3 is 5.97 Å². The fraction of sp³-hybridized carbons (Fsp3) is 0.200. The monoisotopic (exact) mass is 286 g/mol. The lowest BCUT2D eigenvalue weighted by Crippen LogP contribution is -2.43. The zero-order valence-corrected chi connectivity index (χ0v) is 11.1.